The number of benzene rings is 1. The summed E-state index contributed by atoms with van der Waals surface area (Å²) >= 11 is 1.90. The van der Waals surface area contributed by atoms with Crippen molar-refractivity contribution in [3.05, 3.63) is 24.0 Å². The van der Waals surface area contributed by atoms with Crippen LogP contribution in [-0.4, -0.2) is 61.6 Å². The van der Waals surface area contributed by atoms with Crippen molar-refractivity contribution in [3.8, 4) is 0 Å². The lowest BCUT2D eigenvalue weighted by atomic mass is 10.1. The van der Waals surface area contributed by atoms with E-state index in [1.54, 1.807) is 12.1 Å². The molecule has 0 bridgehead atoms. The molecule has 7 nitrogen and oxygen atoms in total. The van der Waals surface area contributed by atoms with Gasteiger partial charge in [-0.3, -0.25) is 9.69 Å². The number of carbonyl (C=O) groups is 2. The maximum Gasteiger partial charge on any atom is 0.414 e. The Morgan fingerprint density at radius 3 is 2.93 bits per heavy atom. The molecule has 3 aliphatic heterocycles. The molecule has 9 heteroatoms. The van der Waals surface area contributed by atoms with Gasteiger partial charge in [-0.15, -0.1) is 11.8 Å². The first-order valence-corrected chi connectivity index (χ1v) is 11.5. The molecule has 0 aliphatic carbocycles. The molecule has 1 aromatic rings. The number of thioether (sulfide) groups is 1. The highest BCUT2D eigenvalue weighted by Crippen LogP contribution is 2.41. The summed E-state index contributed by atoms with van der Waals surface area (Å²) in [5.41, 5.74) is 1.02. The number of halogens is 1. The fraction of sp³-hybridized carbons (Fsp3) is 0.619. The summed E-state index contributed by atoms with van der Waals surface area (Å²) in [5, 5.41) is 2.64. The SMILES string of the molecule is CC(=O)NCC1CN(c2ccc(N3CCCC4(CC3)OCCCS4)c(F)c2)C(=O)O1. The van der Waals surface area contributed by atoms with E-state index in [1.807, 2.05) is 11.8 Å². The van der Waals surface area contributed by atoms with E-state index in [-0.39, 0.29) is 29.7 Å². The Bertz CT molecular complexity index is 802. The third kappa shape index (κ3) is 4.67. The molecular weight excluding hydrogens is 409 g/mol. The van der Waals surface area contributed by atoms with Crippen LogP contribution in [0.3, 0.4) is 0 Å². The first-order valence-electron chi connectivity index (χ1n) is 10.5. The van der Waals surface area contributed by atoms with Crippen LogP contribution in [0.4, 0.5) is 20.6 Å². The minimum atomic E-state index is -0.527. The molecule has 30 heavy (non-hydrogen) atoms. The lowest BCUT2D eigenvalue weighted by molar-refractivity contribution is -0.119. The topological polar surface area (TPSA) is 71.1 Å². The van der Waals surface area contributed by atoms with Crippen LogP contribution in [0.15, 0.2) is 18.2 Å². The molecule has 3 fully saturated rings. The molecule has 3 saturated heterocycles. The van der Waals surface area contributed by atoms with Gasteiger partial charge in [0, 0.05) is 33.0 Å². The van der Waals surface area contributed by atoms with Crippen LogP contribution in [0.5, 0.6) is 0 Å². The molecule has 1 N–H and O–H groups in total. The highest BCUT2D eigenvalue weighted by molar-refractivity contribution is 8.00. The van der Waals surface area contributed by atoms with Gasteiger partial charge in [0.15, 0.2) is 0 Å². The smallest absolute Gasteiger partial charge is 0.414 e. The number of carbonyl (C=O) groups excluding carboxylic acids is 2. The summed E-state index contributed by atoms with van der Waals surface area (Å²) in [6.07, 6.45) is 2.94. The van der Waals surface area contributed by atoms with Gasteiger partial charge < -0.3 is 19.7 Å². The number of amides is 2. The van der Waals surface area contributed by atoms with Crippen LogP contribution >= 0.6 is 11.8 Å². The monoisotopic (exact) mass is 437 g/mol. The lowest BCUT2D eigenvalue weighted by Gasteiger charge is -2.36. The molecule has 1 aromatic carbocycles. The van der Waals surface area contributed by atoms with Gasteiger partial charge in [0.25, 0.3) is 0 Å². The van der Waals surface area contributed by atoms with Crippen molar-refractivity contribution in [1.82, 2.24) is 5.32 Å². The summed E-state index contributed by atoms with van der Waals surface area (Å²) in [4.78, 5) is 26.6. The zero-order valence-electron chi connectivity index (χ0n) is 17.2. The van der Waals surface area contributed by atoms with Crippen LogP contribution in [-0.2, 0) is 14.3 Å². The van der Waals surface area contributed by atoms with Crippen molar-refractivity contribution < 1.29 is 23.5 Å². The van der Waals surface area contributed by atoms with Crippen molar-refractivity contribution >= 4 is 35.1 Å². The van der Waals surface area contributed by atoms with Crippen molar-refractivity contribution in [3.63, 3.8) is 0 Å². The summed E-state index contributed by atoms with van der Waals surface area (Å²) in [7, 11) is 0. The number of hydrogen-bond acceptors (Lipinski definition) is 6. The molecule has 3 aliphatic rings. The van der Waals surface area contributed by atoms with Gasteiger partial charge in [0.05, 0.1) is 24.5 Å². The predicted octanol–water partition coefficient (Wildman–Crippen LogP) is 3.13. The fourth-order valence-corrected chi connectivity index (χ4v) is 5.57. The maximum atomic E-state index is 15.0. The standard InChI is InChI=1S/C21H28FN3O4S/c1-15(26)23-13-17-14-25(20(27)29-17)16-4-5-19(18(22)12-16)24-8-2-6-21(7-9-24)28-10-3-11-30-21/h4-5,12,17H,2-3,6-11,13-14H2,1H3,(H,23,26). The van der Waals surface area contributed by atoms with Gasteiger partial charge in [-0.2, -0.15) is 0 Å². The van der Waals surface area contributed by atoms with Gasteiger partial charge >= 0.3 is 6.09 Å². The molecule has 0 radical (unpaired) electrons. The number of hydrogen-bond donors (Lipinski definition) is 1. The van der Waals surface area contributed by atoms with E-state index in [0.717, 1.165) is 51.1 Å². The van der Waals surface area contributed by atoms with E-state index in [9.17, 15) is 9.59 Å². The number of ether oxygens (including phenoxy) is 2. The van der Waals surface area contributed by atoms with Crippen molar-refractivity contribution in [1.29, 1.82) is 0 Å². The Morgan fingerprint density at radius 2 is 2.20 bits per heavy atom. The molecule has 164 valence electrons. The molecule has 2 atom stereocenters. The van der Waals surface area contributed by atoms with E-state index >= 15 is 4.39 Å². The van der Waals surface area contributed by atoms with Crippen molar-refractivity contribution in [2.45, 2.75) is 43.6 Å². The Labute approximate surface area is 180 Å². The number of nitrogens with one attached hydrogen (secondary N) is 1. The number of cyclic esters (lactones) is 1. The van der Waals surface area contributed by atoms with E-state index < -0.39 is 12.2 Å². The number of nitrogens with zero attached hydrogens (tertiary/aromatic N) is 2. The van der Waals surface area contributed by atoms with Gasteiger partial charge in [-0.05, 0) is 43.2 Å². The van der Waals surface area contributed by atoms with Crippen LogP contribution < -0.4 is 15.1 Å². The second-order valence-electron chi connectivity index (χ2n) is 7.99. The Hall–Kier alpha value is -2.00. The Balaban J connectivity index is 1.42. The molecule has 3 heterocycles. The quantitative estimate of drug-likeness (QED) is 0.781. The molecule has 4 rings (SSSR count). The van der Waals surface area contributed by atoms with Crippen LogP contribution in [0.25, 0.3) is 0 Å². The Morgan fingerprint density at radius 1 is 1.33 bits per heavy atom. The third-order valence-electron chi connectivity index (χ3n) is 5.80. The zero-order valence-corrected chi connectivity index (χ0v) is 18.0. The van der Waals surface area contributed by atoms with E-state index in [1.165, 1.54) is 17.9 Å². The second-order valence-corrected chi connectivity index (χ2v) is 9.43. The lowest BCUT2D eigenvalue weighted by Crippen LogP contribution is -2.35. The normalized spacial score (nSPS) is 27.1. The van der Waals surface area contributed by atoms with E-state index in [4.69, 9.17) is 9.47 Å². The molecule has 0 saturated carbocycles. The largest absolute Gasteiger partial charge is 0.442 e. The van der Waals surface area contributed by atoms with Gasteiger partial charge in [0.1, 0.15) is 16.9 Å². The van der Waals surface area contributed by atoms with Crippen LogP contribution in [0, 0.1) is 5.82 Å². The minimum Gasteiger partial charge on any atom is -0.442 e. The fourth-order valence-electron chi connectivity index (χ4n) is 4.24. The summed E-state index contributed by atoms with van der Waals surface area (Å²) in [5.74, 6) is 0.590. The molecular formula is C21H28FN3O4S. The summed E-state index contributed by atoms with van der Waals surface area (Å²) in [6, 6.07) is 4.89. The first-order chi connectivity index (χ1) is 14.5. The predicted molar refractivity (Wildman–Crippen MR) is 115 cm³/mol. The summed E-state index contributed by atoms with van der Waals surface area (Å²) < 4.78 is 26.4. The van der Waals surface area contributed by atoms with Gasteiger partial charge in [-0.25, -0.2) is 9.18 Å². The van der Waals surface area contributed by atoms with Crippen molar-refractivity contribution in [2.75, 3.05) is 48.3 Å². The maximum absolute atomic E-state index is 15.0. The van der Waals surface area contributed by atoms with Crippen LogP contribution in [0.2, 0.25) is 0 Å². The highest BCUT2D eigenvalue weighted by Gasteiger charge is 2.37. The van der Waals surface area contributed by atoms with E-state index in [0.29, 0.717) is 11.4 Å². The zero-order chi connectivity index (χ0) is 21.1. The van der Waals surface area contributed by atoms with Gasteiger partial charge in [-0.1, -0.05) is 0 Å². The molecule has 0 aromatic heterocycles. The third-order valence-corrected chi connectivity index (χ3v) is 7.35. The highest BCUT2D eigenvalue weighted by atomic mass is 32.2. The average Bonchev–Trinajstić information content (AvgIpc) is 2.99. The van der Waals surface area contributed by atoms with Crippen LogP contribution in [0.1, 0.15) is 32.6 Å². The van der Waals surface area contributed by atoms with Gasteiger partial charge in [0.2, 0.25) is 5.91 Å². The Kier molecular flexibility index (Phi) is 6.38. The first kappa shape index (κ1) is 21.2. The van der Waals surface area contributed by atoms with Crippen molar-refractivity contribution in [2.24, 2.45) is 0 Å². The minimum absolute atomic E-state index is 0.119. The number of anilines is 2. The number of rotatable bonds is 4. The molecule has 2 amide bonds. The molecule has 2 unspecified atom stereocenters. The van der Waals surface area contributed by atoms with E-state index in [2.05, 4.69) is 10.2 Å². The molecule has 1 spiro atoms. The summed E-state index contributed by atoms with van der Waals surface area (Å²) in [6.45, 7) is 4.27. The second kappa shape index (κ2) is 9.01. The average molecular weight is 438 g/mol.